The number of aliphatic imine (C=N–C) groups is 1. The second-order valence-corrected chi connectivity index (χ2v) is 4.34. The highest BCUT2D eigenvalue weighted by Gasteiger charge is 2.26. The van der Waals surface area contributed by atoms with Gasteiger partial charge in [0.25, 0.3) is 0 Å². The third-order valence-electron chi connectivity index (χ3n) is 2.98. The maximum absolute atomic E-state index is 8.83. The maximum Gasteiger partial charge on any atom is 0.213 e. The van der Waals surface area contributed by atoms with Crippen LogP contribution >= 0.6 is 24.0 Å². The van der Waals surface area contributed by atoms with Crippen LogP contribution in [0.1, 0.15) is 6.42 Å². The molecule has 7 heteroatoms. The first-order valence-electron chi connectivity index (χ1n) is 6.47. The summed E-state index contributed by atoms with van der Waals surface area (Å²) in [6, 6.07) is 5.65. The Labute approximate surface area is 136 Å². The number of nitrogens with zero attached hydrogens (tertiary/aromatic N) is 3. The zero-order valence-corrected chi connectivity index (χ0v) is 13.9. The average molecular weight is 392 g/mol. The van der Waals surface area contributed by atoms with Crippen LogP contribution in [0.3, 0.4) is 0 Å². The Bertz CT molecular complexity index is 416. The minimum atomic E-state index is 0. The molecule has 0 radical (unpaired) electrons. The zero-order valence-electron chi connectivity index (χ0n) is 11.5. The van der Waals surface area contributed by atoms with Gasteiger partial charge in [0.1, 0.15) is 6.10 Å². The molecule has 0 spiro atoms. The molecule has 1 atom stereocenters. The summed E-state index contributed by atoms with van der Waals surface area (Å²) < 4.78 is 5.82. The molecule has 112 valence electrons. The van der Waals surface area contributed by atoms with Gasteiger partial charge in [-0.2, -0.15) is 0 Å². The van der Waals surface area contributed by atoms with Crippen molar-refractivity contribution in [3.8, 4) is 5.88 Å². The number of aromatic nitrogens is 1. The predicted molar refractivity (Wildman–Crippen MR) is 88.7 cm³/mol. The SMILES string of the molecule is CN=C(NCCO)N1CCC(Oc2ccccn2)C1.I. The molecule has 2 rings (SSSR count). The molecular weight excluding hydrogens is 371 g/mol. The van der Waals surface area contributed by atoms with E-state index in [2.05, 4.69) is 20.2 Å². The summed E-state index contributed by atoms with van der Waals surface area (Å²) in [5, 5.41) is 11.9. The van der Waals surface area contributed by atoms with E-state index < -0.39 is 0 Å². The fourth-order valence-corrected chi connectivity index (χ4v) is 2.10. The van der Waals surface area contributed by atoms with Crippen LogP contribution < -0.4 is 10.1 Å². The standard InChI is InChI=1S/C13H20N4O2.HI/c1-14-13(16-7-9-18)17-8-5-11(10-17)19-12-4-2-3-6-15-12;/h2-4,6,11,18H,5,7-10H2,1H3,(H,14,16);1H. The van der Waals surface area contributed by atoms with E-state index in [9.17, 15) is 0 Å². The minimum absolute atomic E-state index is 0. The molecule has 20 heavy (non-hydrogen) atoms. The molecule has 0 saturated carbocycles. The Morgan fingerprint density at radius 2 is 2.45 bits per heavy atom. The molecule has 1 aliphatic rings. The molecule has 1 aromatic rings. The summed E-state index contributed by atoms with van der Waals surface area (Å²) in [7, 11) is 1.74. The van der Waals surface area contributed by atoms with Crippen LogP contribution in [0, 0.1) is 0 Å². The lowest BCUT2D eigenvalue weighted by Gasteiger charge is -2.21. The Hall–Kier alpha value is -1.09. The Morgan fingerprint density at radius 3 is 3.10 bits per heavy atom. The van der Waals surface area contributed by atoms with Gasteiger partial charge in [-0.05, 0) is 6.07 Å². The van der Waals surface area contributed by atoms with Crippen molar-refractivity contribution in [1.82, 2.24) is 15.2 Å². The average Bonchev–Trinajstić information content (AvgIpc) is 2.89. The van der Waals surface area contributed by atoms with E-state index in [1.807, 2.05) is 18.2 Å². The first-order valence-corrected chi connectivity index (χ1v) is 6.47. The monoisotopic (exact) mass is 392 g/mol. The number of nitrogens with one attached hydrogen (secondary N) is 1. The molecule has 2 heterocycles. The quantitative estimate of drug-likeness (QED) is 0.449. The van der Waals surface area contributed by atoms with Crippen molar-refractivity contribution in [3.63, 3.8) is 0 Å². The lowest BCUT2D eigenvalue weighted by molar-refractivity contribution is 0.205. The maximum atomic E-state index is 8.83. The van der Waals surface area contributed by atoms with Crippen molar-refractivity contribution in [2.24, 2.45) is 4.99 Å². The zero-order chi connectivity index (χ0) is 13.5. The second-order valence-electron chi connectivity index (χ2n) is 4.34. The molecule has 6 nitrogen and oxygen atoms in total. The van der Waals surface area contributed by atoms with Crippen molar-refractivity contribution in [2.75, 3.05) is 33.3 Å². The molecule has 1 unspecified atom stereocenters. The normalized spacial score (nSPS) is 18.6. The van der Waals surface area contributed by atoms with Gasteiger partial charge in [-0.3, -0.25) is 4.99 Å². The minimum Gasteiger partial charge on any atom is -0.472 e. The van der Waals surface area contributed by atoms with Gasteiger partial charge in [0.15, 0.2) is 5.96 Å². The van der Waals surface area contributed by atoms with Crippen LogP contribution in [0.4, 0.5) is 0 Å². The number of hydrogen-bond acceptors (Lipinski definition) is 4. The Kier molecular flexibility index (Phi) is 7.60. The number of hydrogen-bond donors (Lipinski definition) is 2. The molecule has 1 aromatic heterocycles. The van der Waals surface area contributed by atoms with Crippen LogP contribution in [0.25, 0.3) is 0 Å². The summed E-state index contributed by atoms with van der Waals surface area (Å²) in [5.74, 6) is 1.47. The third kappa shape index (κ3) is 4.78. The first kappa shape index (κ1) is 17.0. The third-order valence-corrected chi connectivity index (χ3v) is 2.98. The van der Waals surface area contributed by atoms with E-state index in [0.29, 0.717) is 12.4 Å². The molecule has 0 aromatic carbocycles. The van der Waals surface area contributed by atoms with E-state index in [1.165, 1.54) is 0 Å². The van der Waals surface area contributed by atoms with Crippen molar-refractivity contribution >= 4 is 29.9 Å². The van der Waals surface area contributed by atoms with Crippen LogP contribution in [0.15, 0.2) is 29.4 Å². The number of likely N-dealkylation sites (tertiary alicyclic amines) is 1. The number of ether oxygens (including phenoxy) is 1. The van der Waals surface area contributed by atoms with Crippen molar-refractivity contribution in [3.05, 3.63) is 24.4 Å². The van der Waals surface area contributed by atoms with Crippen molar-refractivity contribution in [1.29, 1.82) is 0 Å². The van der Waals surface area contributed by atoms with E-state index in [0.717, 1.165) is 25.5 Å². The molecular formula is C13H21IN4O2. The topological polar surface area (TPSA) is 70.0 Å². The van der Waals surface area contributed by atoms with Gasteiger partial charge in [0.05, 0.1) is 13.2 Å². The molecule has 1 fully saturated rings. The molecule has 0 aliphatic carbocycles. The Morgan fingerprint density at radius 1 is 1.60 bits per heavy atom. The summed E-state index contributed by atoms with van der Waals surface area (Å²) >= 11 is 0. The van der Waals surface area contributed by atoms with Crippen molar-refractivity contribution < 1.29 is 9.84 Å². The fraction of sp³-hybridized carbons (Fsp3) is 0.538. The molecule has 0 bridgehead atoms. The summed E-state index contributed by atoms with van der Waals surface area (Å²) in [4.78, 5) is 10.5. The lowest BCUT2D eigenvalue weighted by atomic mass is 10.3. The van der Waals surface area contributed by atoms with Crippen LogP contribution in [-0.4, -0.2) is 60.3 Å². The summed E-state index contributed by atoms with van der Waals surface area (Å²) in [6.45, 7) is 2.28. The number of rotatable bonds is 4. The number of halogens is 1. The van der Waals surface area contributed by atoms with Crippen LogP contribution in [-0.2, 0) is 0 Å². The largest absolute Gasteiger partial charge is 0.472 e. The highest BCUT2D eigenvalue weighted by atomic mass is 127. The van der Waals surface area contributed by atoms with Gasteiger partial charge in [0.2, 0.25) is 5.88 Å². The molecule has 2 N–H and O–H groups in total. The lowest BCUT2D eigenvalue weighted by Crippen LogP contribution is -2.41. The Balaban J connectivity index is 0.00000200. The summed E-state index contributed by atoms with van der Waals surface area (Å²) in [6.07, 6.45) is 2.79. The number of pyridine rings is 1. The van der Waals surface area contributed by atoms with E-state index >= 15 is 0 Å². The molecule has 1 aliphatic heterocycles. The summed E-state index contributed by atoms with van der Waals surface area (Å²) in [5.41, 5.74) is 0. The van der Waals surface area contributed by atoms with E-state index in [-0.39, 0.29) is 36.7 Å². The second kappa shape index (κ2) is 8.96. The van der Waals surface area contributed by atoms with E-state index in [1.54, 1.807) is 13.2 Å². The van der Waals surface area contributed by atoms with Gasteiger partial charge in [0, 0.05) is 38.8 Å². The first-order chi connectivity index (χ1) is 9.33. The molecule has 0 amide bonds. The number of aliphatic hydroxyl groups excluding tert-OH is 1. The number of guanidine groups is 1. The highest BCUT2D eigenvalue weighted by Crippen LogP contribution is 2.15. The number of aliphatic hydroxyl groups is 1. The van der Waals surface area contributed by atoms with Crippen molar-refractivity contribution in [2.45, 2.75) is 12.5 Å². The van der Waals surface area contributed by atoms with Gasteiger partial charge in [-0.15, -0.1) is 24.0 Å². The smallest absolute Gasteiger partial charge is 0.213 e. The predicted octanol–water partition coefficient (Wildman–Crippen LogP) is 0.720. The highest BCUT2D eigenvalue weighted by molar-refractivity contribution is 14.0. The fourth-order valence-electron chi connectivity index (χ4n) is 2.10. The van der Waals surface area contributed by atoms with Gasteiger partial charge in [-0.25, -0.2) is 4.98 Å². The molecule has 1 saturated heterocycles. The van der Waals surface area contributed by atoms with Gasteiger partial charge < -0.3 is 20.1 Å². The van der Waals surface area contributed by atoms with Gasteiger partial charge in [-0.1, -0.05) is 6.07 Å². The van der Waals surface area contributed by atoms with Crippen LogP contribution in [0.2, 0.25) is 0 Å². The van der Waals surface area contributed by atoms with E-state index in [4.69, 9.17) is 9.84 Å². The van der Waals surface area contributed by atoms with Gasteiger partial charge >= 0.3 is 0 Å². The van der Waals surface area contributed by atoms with Crippen LogP contribution in [0.5, 0.6) is 5.88 Å².